The molecule has 2 N–H and O–H groups in total. The van der Waals surface area contributed by atoms with Crippen LogP contribution in [-0.2, 0) is 9.47 Å². The highest BCUT2D eigenvalue weighted by molar-refractivity contribution is 14.0. The van der Waals surface area contributed by atoms with Crippen molar-refractivity contribution in [2.24, 2.45) is 10.4 Å². The lowest BCUT2D eigenvalue weighted by atomic mass is 9.73. The van der Waals surface area contributed by atoms with E-state index in [1.54, 1.807) is 0 Å². The largest absolute Gasteiger partial charge is 0.379 e. The van der Waals surface area contributed by atoms with E-state index in [1.807, 2.05) is 7.05 Å². The van der Waals surface area contributed by atoms with E-state index in [1.165, 1.54) is 38.6 Å². The van der Waals surface area contributed by atoms with Gasteiger partial charge in [0.15, 0.2) is 5.96 Å². The SMILES string of the molecule is CN=C(NCC(C)N1CCOCC1C)NCC1(CN2CCOCC2)CCCCC1.I. The number of ether oxygens (including phenoxy) is 2. The van der Waals surface area contributed by atoms with E-state index in [0.29, 0.717) is 17.5 Å². The molecule has 2 unspecified atom stereocenters. The van der Waals surface area contributed by atoms with Crippen LogP contribution in [0.25, 0.3) is 0 Å². The highest BCUT2D eigenvalue weighted by Crippen LogP contribution is 2.36. The fraction of sp³-hybridized carbons (Fsp3) is 0.955. The van der Waals surface area contributed by atoms with E-state index in [2.05, 4.69) is 39.3 Å². The lowest BCUT2D eigenvalue weighted by Gasteiger charge is -2.42. The van der Waals surface area contributed by atoms with Crippen molar-refractivity contribution in [3.05, 3.63) is 0 Å². The van der Waals surface area contributed by atoms with Crippen LogP contribution in [0.3, 0.4) is 0 Å². The molecule has 0 aromatic carbocycles. The van der Waals surface area contributed by atoms with Crippen LogP contribution in [0.2, 0.25) is 0 Å². The standard InChI is InChI=1S/C22H43N5O2.HI/c1-19(27-11-14-29-16-20(27)2)15-24-21(23-3)25-17-22(7-5-4-6-8-22)18-26-9-12-28-13-10-26;/h19-20H,4-18H2,1-3H3,(H2,23,24,25);1H. The van der Waals surface area contributed by atoms with Crippen molar-refractivity contribution in [3.63, 3.8) is 0 Å². The van der Waals surface area contributed by atoms with Gasteiger partial charge in [0.05, 0.1) is 26.4 Å². The van der Waals surface area contributed by atoms with Crippen LogP contribution in [0, 0.1) is 5.41 Å². The van der Waals surface area contributed by atoms with Gasteiger partial charge >= 0.3 is 0 Å². The third kappa shape index (κ3) is 7.76. The Kier molecular flexibility index (Phi) is 11.7. The smallest absolute Gasteiger partial charge is 0.191 e. The molecule has 0 bridgehead atoms. The van der Waals surface area contributed by atoms with Crippen molar-refractivity contribution < 1.29 is 9.47 Å². The molecule has 176 valence electrons. The molecule has 2 saturated heterocycles. The molecule has 1 aliphatic carbocycles. The maximum atomic E-state index is 5.58. The minimum absolute atomic E-state index is 0. The van der Waals surface area contributed by atoms with E-state index < -0.39 is 0 Å². The average Bonchev–Trinajstić information content (AvgIpc) is 2.75. The lowest BCUT2D eigenvalue weighted by molar-refractivity contribution is -0.0174. The van der Waals surface area contributed by atoms with Crippen molar-refractivity contribution in [1.82, 2.24) is 20.4 Å². The van der Waals surface area contributed by atoms with E-state index in [4.69, 9.17) is 9.47 Å². The van der Waals surface area contributed by atoms with Crippen LogP contribution in [0.5, 0.6) is 0 Å². The fourth-order valence-corrected chi connectivity index (χ4v) is 5.17. The minimum atomic E-state index is 0. The first kappa shape index (κ1) is 26.1. The van der Waals surface area contributed by atoms with Gasteiger partial charge in [-0.1, -0.05) is 19.3 Å². The maximum absolute atomic E-state index is 5.58. The molecule has 30 heavy (non-hydrogen) atoms. The summed E-state index contributed by atoms with van der Waals surface area (Å²) in [6.45, 7) is 14.2. The number of nitrogens with one attached hydrogen (secondary N) is 2. The monoisotopic (exact) mass is 537 g/mol. The summed E-state index contributed by atoms with van der Waals surface area (Å²) in [5.41, 5.74) is 0.359. The molecule has 3 fully saturated rings. The van der Waals surface area contributed by atoms with Gasteiger partial charge in [0, 0.05) is 63.8 Å². The van der Waals surface area contributed by atoms with Gasteiger partial charge in [-0.15, -0.1) is 24.0 Å². The van der Waals surface area contributed by atoms with Crippen LogP contribution in [0.4, 0.5) is 0 Å². The predicted octanol–water partition coefficient (Wildman–Crippen LogP) is 2.16. The van der Waals surface area contributed by atoms with Crippen LogP contribution >= 0.6 is 24.0 Å². The number of aliphatic imine (C=N–C) groups is 1. The molecule has 0 radical (unpaired) electrons. The van der Waals surface area contributed by atoms with E-state index >= 15 is 0 Å². The molecular formula is C22H44IN5O2. The number of nitrogens with zero attached hydrogens (tertiary/aromatic N) is 3. The zero-order valence-electron chi connectivity index (χ0n) is 19.3. The van der Waals surface area contributed by atoms with E-state index in [-0.39, 0.29) is 24.0 Å². The minimum Gasteiger partial charge on any atom is -0.379 e. The van der Waals surface area contributed by atoms with Gasteiger partial charge < -0.3 is 20.1 Å². The van der Waals surface area contributed by atoms with Crippen molar-refractivity contribution in [1.29, 1.82) is 0 Å². The van der Waals surface area contributed by atoms with Gasteiger partial charge in [-0.2, -0.15) is 0 Å². The summed E-state index contributed by atoms with van der Waals surface area (Å²) in [5.74, 6) is 0.935. The van der Waals surface area contributed by atoms with Gasteiger partial charge in [0.25, 0.3) is 0 Å². The molecule has 2 atom stereocenters. The summed E-state index contributed by atoms with van der Waals surface area (Å²) in [4.78, 5) is 9.64. The topological polar surface area (TPSA) is 61.4 Å². The van der Waals surface area contributed by atoms with Crippen molar-refractivity contribution in [2.45, 2.75) is 58.0 Å². The molecule has 2 heterocycles. The molecule has 0 aromatic rings. The molecule has 7 nitrogen and oxygen atoms in total. The molecular weight excluding hydrogens is 493 g/mol. The number of guanidine groups is 1. The van der Waals surface area contributed by atoms with E-state index in [0.717, 1.165) is 65.1 Å². The second-order valence-corrected chi connectivity index (χ2v) is 9.27. The van der Waals surface area contributed by atoms with Crippen LogP contribution < -0.4 is 10.6 Å². The zero-order valence-corrected chi connectivity index (χ0v) is 21.7. The van der Waals surface area contributed by atoms with Gasteiger partial charge in [-0.25, -0.2) is 0 Å². The summed E-state index contributed by atoms with van der Waals surface area (Å²) in [5, 5.41) is 7.25. The highest BCUT2D eigenvalue weighted by Gasteiger charge is 2.34. The predicted molar refractivity (Wildman–Crippen MR) is 134 cm³/mol. The quantitative estimate of drug-likeness (QED) is 0.295. The number of rotatable bonds is 7. The normalized spacial score (nSPS) is 27.2. The average molecular weight is 538 g/mol. The Morgan fingerprint density at radius 3 is 2.43 bits per heavy atom. The highest BCUT2D eigenvalue weighted by atomic mass is 127. The lowest BCUT2D eigenvalue weighted by Crippen LogP contribution is -2.54. The number of morpholine rings is 2. The second-order valence-electron chi connectivity index (χ2n) is 9.27. The van der Waals surface area contributed by atoms with E-state index in [9.17, 15) is 0 Å². The molecule has 3 aliphatic rings. The van der Waals surface area contributed by atoms with Crippen molar-refractivity contribution >= 4 is 29.9 Å². The third-order valence-electron chi connectivity index (χ3n) is 6.98. The Balaban J connectivity index is 0.00000320. The van der Waals surface area contributed by atoms with Crippen LogP contribution in [0.1, 0.15) is 46.0 Å². The maximum Gasteiger partial charge on any atom is 0.191 e. The second kappa shape index (κ2) is 13.4. The molecule has 0 amide bonds. The first-order chi connectivity index (χ1) is 14.1. The molecule has 8 heteroatoms. The molecule has 0 aromatic heterocycles. The van der Waals surface area contributed by atoms with Gasteiger partial charge in [0.1, 0.15) is 0 Å². The first-order valence-electron chi connectivity index (χ1n) is 11.7. The van der Waals surface area contributed by atoms with Crippen LogP contribution in [0.15, 0.2) is 4.99 Å². The van der Waals surface area contributed by atoms with Gasteiger partial charge in [0.2, 0.25) is 0 Å². The van der Waals surface area contributed by atoms with Gasteiger partial charge in [-0.3, -0.25) is 14.8 Å². The Morgan fingerprint density at radius 2 is 1.77 bits per heavy atom. The summed E-state index contributed by atoms with van der Waals surface area (Å²) in [7, 11) is 1.88. The van der Waals surface area contributed by atoms with Gasteiger partial charge in [-0.05, 0) is 26.7 Å². The van der Waals surface area contributed by atoms with Crippen LogP contribution in [-0.4, -0.2) is 101 Å². The summed E-state index contributed by atoms with van der Waals surface area (Å²) in [6.07, 6.45) is 6.72. The molecule has 3 rings (SSSR count). The number of halogens is 1. The molecule has 1 saturated carbocycles. The number of hydrogen-bond donors (Lipinski definition) is 2. The Labute approximate surface area is 200 Å². The first-order valence-corrected chi connectivity index (χ1v) is 11.7. The Morgan fingerprint density at radius 1 is 1.07 bits per heavy atom. The number of hydrogen-bond acceptors (Lipinski definition) is 5. The van der Waals surface area contributed by atoms with Crippen molar-refractivity contribution in [2.75, 3.05) is 72.7 Å². The zero-order chi connectivity index (χ0) is 20.5. The Hall–Kier alpha value is -0.160. The molecule has 0 spiro atoms. The third-order valence-corrected chi connectivity index (χ3v) is 6.98. The summed E-state index contributed by atoms with van der Waals surface area (Å²) in [6, 6.07) is 0.944. The molecule has 2 aliphatic heterocycles. The summed E-state index contributed by atoms with van der Waals surface area (Å²) < 4.78 is 11.1. The summed E-state index contributed by atoms with van der Waals surface area (Å²) >= 11 is 0. The fourth-order valence-electron chi connectivity index (χ4n) is 5.17. The van der Waals surface area contributed by atoms with Crippen molar-refractivity contribution in [3.8, 4) is 0 Å². The Bertz CT molecular complexity index is 510.